The average molecular weight is 350 g/mol. The third-order valence-corrected chi connectivity index (χ3v) is 3.55. The van der Waals surface area contributed by atoms with Gasteiger partial charge in [0.1, 0.15) is 0 Å². The maximum absolute atomic E-state index is 11.5. The molecule has 1 atom stereocenters. The summed E-state index contributed by atoms with van der Waals surface area (Å²) >= 11 is 6.19. The van der Waals surface area contributed by atoms with Gasteiger partial charge in [0.2, 0.25) is 0 Å². The SMILES string of the molecule is CCOC(=O)C[C@H](N)c1cc(Cl)cc(C(C)(C)COC)c1.Cl. The summed E-state index contributed by atoms with van der Waals surface area (Å²) in [6, 6.07) is 5.24. The number of carbonyl (C=O) groups is 1. The van der Waals surface area contributed by atoms with Gasteiger partial charge >= 0.3 is 5.97 Å². The predicted molar refractivity (Wildman–Crippen MR) is 91.8 cm³/mol. The second-order valence-electron chi connectivity index (χ2n) is 5.71. The van der Waals surface area contributed by atoms with Crippen molar-refractivity contribution in [3.8, 4) is 0 Å². The molecule has 22 heavy (non-hydrogen) atoms. The number of methoxy groups -OCH3 is 1. The van der Waals surface area contributed by atoms with Crippen molar-refractivity contribution < 1.29 is 14.3 Å². The molecule has 0 aromatic heterocycles. The Kier molecular flexibility index (Phi) is 9.01. The van der Waals surface area contributed by atoms with Gasteiger partial charge in [-0.25, -0.2) is 0 Å². The van der Waals surface area contributed by atoms with Crippen LogP contribution in [0.3, 0.4) is 0 Å². The van der Waals surface area contributed by atoms with E-state index in [0.717, 1.165) is 11.1 Å². The second kappa shape index (κ2) is 9.36. The van der Waals surface area contributed by atoms with Crippen LogP contribution in [0.1, 0.15) is 44.4 Å². The summed E-state index contributed by atoms with van der Waals surface area (Å²) in [4.78, 5) is 11.5. The van der Waals surface area contributed by atoms with Crippen molar-refractivity contribution in [1.29, 1.82) is 0 Å². The van der Waals surface area contributed by atoms with E-state index in [1.54, 1.807) is 20.1 Å². The number of rotatable bonds is 7. The van der Waals surface area contributed by atoms with E-state index in [1.807, 2.05) is 12.1 Å². The highest BCUT2D eigenvalue weighted by Gasteiger charge is 2.23. The van der Waals surface area contributed by atoms with Crippen LogP contribution in [0.15, 0.2) is 18.2 Å². The highest BCUT2D eigenvalue weighted by atomic mass is 35.5. The molecule has 0 radical (unpaired) electrons. The van der Waals surface area contributed by atoms with Crippen molar-refractivity contribution in [2.75, 3.05) is 20.3 Å². The third-order valence-electron chi connectivity index (χ3n) is 3.33. The molecule has 0 fully saturated rings. The maximum Gasteiger partial charge on any atom is 0.307 e. The standard InChI is InChI=1S/C16H24ClNO3.ClH/c1-5-21-15(19)9-14(18)11-6-12(8-13(17)7-11)16(2,3)10-20-4;/h6-8,14H,5,9-10,18H2,1-4H3;1H/t14-;/m0./s1. The van der Waals surface area contributed by atoms with Crippen molar-refractivity contribution in [2.45, 2.75) is 38.6 Å². The first kappa shape index (κ1) is 21.2. The number of nitrogens with two attached hydrogens (primary N) is 1. The Morgan fingerprint density at radius 1 is 1.36 bits per heavy atom. The van der Waals surface area contributed by atoms with Gasteiger partial charge < -0.3 is 15.2 Å². The number of ether oxygens (including phenoxy) is 2. The normalized spacial score (nSPS) is 12.5. The number of hydrogen-bond donors (Lipinski definition) is 1. The van der Waals surface area contributed by atoms with Crippen molar-refractivity contribution in [3.05, 3.63) is 34.3 Å². The predicted octanol–water partition coefficient (Wildman–Crippen LogP) is 3.64. The van der Waals surface area contributed by atoms with Crippen molar-refractivity contribution in [1.82, 2.24) is 0 Å². The summed E-state index contributed by atoms with van der Waals surface area (Å²) < 4.78 is 10.2. The maximum atomic E-state index is 11.5. The molecule has 0 amide bonds. The molecule has 0 bridgehead atoms. The van der Waals surface area contributed by atoms with Crippen molar-refractivity contribution in [3.63, 3.8) is 0 Å². The molecule has 0 aliphatic heterocycles. The Bertz CT molecular complexity index is 492. The van der Waals surface area contributed by atoms with Gasteiger partial charge in [0.15, 0.2) is 0 Å². The second-order valence-corrected chi connectivity index (χ2v) is 6.14. The monoisotopic (exact) mass is 349 g/mol. The van der Waals surface area contributed by atoms with Crippen molar-refractivity contribution >= 4 is 30.0 Å². The van der Waals surface area contributed by atoms with E-state index in [0.29, 0.717) is 18.2 Å². The molecule has 0 saturated carbocycles. The summed E-state index contributed by atoms with van der Waals surface area (Å²) in [6.07, 6.45) is 0.137. The zero-order valence-electron chi connectivity index (χ0n) is 13.5. The van der Waals surface area contributed by atoms with Crippen LogP contribution in [0.5, 0.6) is 0 Å². The van der Waals surface area contributed by atoms with Gasteiger partial charge in [-0.2, -0.15) is 0 Å². The Balaban J connectivity index is 0.00000441. The van der Waals surface area contributed by atoms with E-state index >= 15 is 0 Å². The van der Waals surface area contributed by atoms with Crippen LogP contribution >= 0.6 is 24.0 Å². The molecule has 6 heteroatoms. The first-order valence-corrected chi connectivity index (χ1v) is 7.39. The molecule has 0 spiro atoms. The Morgan fingerprint density at radius 2 is 2.00 bits per heavy atom. The van der Waals surface area contributed by atoms with Crippen LogP contribution in [0.4, 0.5) is 0 Å². The fourth-order valence-electron chi connectivity index (χ4n) is 2.18. The molecule has 4 nitrogen and oxygen atoms in total. The van der Waals surface area contributed by atoms with Gasteiger partial charge in [0.25, 0.3) is 0 Å². The van der Waals surface area contributed by atoms with Gasteiger partial charge in [-0.1, -0.05) is 31.5 Å². The quantitative estimate of drug-likeness (QED) is 0.763. The summed E-state index contributed by atoms with van der Waals surface area (Å²) in [5.41, 5.74) is 7.77. The number of esters is 1. The third kappa shape index (κ3) is 6.13. The molecule has 1 rings (SSSR count). The van der Waals surface area contributed by atoms with Gasteiger partial charge in [-0.05, 0) is 30.2 Å². The zero-order valence-corrected chi connectivity index (χ0v) is 15.1. The number of halogens is 2. The lowest BCUT2D eigenvalue weighted by molar-refractivity contribution is -0.143. The molecular formula is C16H25Cl2NO3. The number of benzene rings is 1. The minimum Gasteiger partial charge on any atom is -0.466 e. The van der Waals surface area contributed by atoms with E-state index in [2.05, 4.69) is 13.8 Å². The van der Waals surface area contributed by atoms with Crippen LogP contribution < -0.4 is 5.73 Å². The van der Waals surface area contributed by atoms with Crippen LogP contribution in [0.2, 0.25) is 5.02 Å². The highest BCUT2D eigenvalue weighted by Crippen LogP contribution is 2.30. The molecule has 0 unspecified atom stereocenters. The molecular weight excluding hydrogens is 325 g/mol. The molecule has 0 aliphatic rings. The fraction of sp³-hybridized carbons (Fsp3) is 0.562. The van der Waals surface area contributed by atoms with E-state index < -0.39 is 6.04 Å². The van der Waals surface area contributed by atoms with E-state index in [9.17, 15) is 4.79 Å². The zero-order chi connectivity index (χ0) is 16.0. The minimum atomic E-state index is -0.431. The van der Waals surface area contributed by atoms with E-state index in [4.69, 9.17) is 26.8 Å². The average Bonchev–Trinajstić information content (AvgIpc) is 2.38. The van der Waals surface area contributed by atoms with Crippen LogP contribution in [0, 0.1) is 0 Å². The molecule has 1 aromatic rings. The molecule has 0 aliphatic carbocycles. The van der Waals surface area contributed by atoms with Crippen LogP contribution in [-0.2, 0) is 19.7 Å². The fourth-order valence-corrected chi connectivity index (χ4v) is 2.42. The molecule has 0 saturated heterocycles. The summed E-state index contributed by atoms with van der Waals surface area (Å²) in [5.74, 6) is -0.303. The first-order chi connectivity index (χ1) is 9.80. The highest BCUT2D eigenvalue weighted by molar-refractivity contribution is 6.30. The van der Waals surface area contributed by atoms with Gasteiger partial charge in [-0.15, -0.1) is 12.4 Å². The molecule has 2 N–H and O–H groups in total. The summed E-state index contributed by atoms with van der Waals surface area (Å²) in [6.45, 7) is 6.84. The van der Waals surface area contributed by atoms with E-state index in [1.165, 1.54) is 0 Å². The first-order valence-electron chi connectivity index (χ1n) is 7.01. The smallest absolute Gasteiger partial charge is 0.307 e. The van der Waals surface area contributed by atoms with Gasteiger partial charge in [0, 0.05) is 23.6 Å². The molecule has 126 valence electrons. The summed E-state index contributed by atoms with van der Waals surface area (Å²) in [5, 5.41) is 0.603. The lowest BCUT2D eigenvalue weighted by atomic mass is 9.84. The summed E-state index contributed by atoms with van der Waals surface area (Å²) in [7, 11) is 1.67. The minimum absolute atomic E-state index is 0. The Labute approximate surface area is 143 Å². The topological polar surface area (TPSA) is 61.5 Å². The number of hydrogen-bond acceptors (Lipinski definition) is 4. The van der Waals surface area contributed by atoms with Crippen LogP contribution in [0.25, 0.3) is 0 Å². The van der Waals surface area contributed by atoms with Crippen LogP contribution in [-0.4, -0.2) is 26.3 Å². The number of carbonyl (C=O) groups excluding carboxylic acids is 1. The lowest BCUT2D eigenvalue weighted by Crippen LogP contribution is -2.24. The Hall–Kier alpha value is -0.810. The largest absolute Gasteiger partial charge is 0.466 e. The van der Waals surface area contributed by atoms with Gasteiger partial charge in [0.05, 0.1) is 19.6 Å². The Morgan fingerprint density at radius 3 is 2.55 bits per heavy atom. The lowest BCUT2D eigenvalue weighted by Gasteiger charge is -2.26. The van der Waals surface area contributed by atoms with E-state index in [-0.39, 0.29) is 30.2 Å². The molecule has 0 heterocycles. The van der Waals surface area contributed by atoms with Gasteiger partial charge in [-0.3, -0.25) is 4.79 Å². The van der Waals surface area contributed by atoms with Crippen molar-refractivity contribution in [2.24, 2.45) is 5.73 Å². The molecule has 1 aromatic carbocycles.